The first-order chi connectivity index (χ1) is 7.24. The van der Waals surface area contributed by atoms with Crippen molar-refractivity contribution < 1.29 is 0 Å². The summed E-state index contributed by atoms with van der Waals surface area (Å²) in [4.78, 5) is 6.89. The van der Waals surface area contributed by atoms with Crippen LogP contribution in [-0.4, -0.2) is 60.6 Å². The Morgan fingerprint density at radius 2 is 2.07 bits per heavy atom. The molecule has 0 aromatic carbocycles. The van der Waals surface area contributed by atoms with E-state index in [2.05, 4.69) is 34.3 Å². The molecule has 1 N–H and O–H groups in total. The first kappa shape index (κ1) is 11.2. The summed E-state index contributed by atoms with van der Waals surface area (Å²) < 4.78 is 0. The fraction of sp³-hybridized carbons (Fsp3) is 0.900. The van der Waals surface area contributed by atoms with Crippen molar-refractivity contribution in [1.29, 1.82) is 0 Å². The third-order valence-corrected chi connectivity index (χ3v) is 4.04. The number of rotatable bonds is 1. The first-order valence-corrected chi connectivity index (χ1v) is 6.60. The van der Waals surface area contributed by atoms with E-state index in [1.54, 1.807) is 0 Å². The summed E-state index contributed by atoms with van der Waals surface area (Å²) in [7, 11) is 2.17. The molecule has 0 saturated carbocycles. The van der Waals surface area contributed by atoms with Gasteiger partial charge in [-0.25, -0.2) is 5.01 Å². The highest BCUT2D eigenvalue weighted by Gasteiger charge is 2.17. The highest BCUT2D eigenvalue weighted by Crippen LogP contribution is 2.15. The Bertz CT molecular complexity index is 236. The highest BCUT2D eigenvalue weighted by molar-refractivity contribution is 8.13. The Balaban J connectivity index is 1.77. The van der Waals surface area contributed by atoms with E-state index < -0.39 is 0 Å². The minimum Gasteiger partial charge on any atom is -0.304 e. The summed E-state index contributed by atoms with van der Waals surface area (Å²) in [6, 6.07) is 0. The largest absolute Gasteiger partial charge is 0.304 e. The molecule has 1 fully saturated rings. The molecule has 0 bridgehead atoms. The molecule has 4 nitrogen and oxygen atoms in total. The normalized spacial score (nSPS) is 30.0. The van der Waals surface area contributed by atoms with E-state index in [4.69, 9.17) is 0 Å². The summed E-state index contributed by atoms with van der Waals surface area (Å²) in [6.07, 6.45) is 0. The van der Waals surface area contributed by atoms with Crippen LogP contribution in [0, 0.1) is 5.92 Å². The molecule has 0 radical (unpaired) electrons. The molecule has 2 heterocycles. The van der Waals surface area contributed by atoms with Crippen LogP contribution in [0.5, 0.6) is 0 Å². The van der Waals surface area contributed by atoms with E-state index in [0.717, 1.165) is 43.8 Å². The van der Waals surface area contributed by atoms with Crippen molar-refractivity contribution in [2.45, 2.75) is 6.92 Å². The van der Waals surface area contributed by atoms with Crippen LogP contribution in [0.2, 0.25) is 0 Å². The van der Waals surface area contributed by atoms with E-state index >= 15 is 0 Å². The van der Waals surface area contributed by atoms with Crippen molar-refractivity contribution in [2.75, 3.05) is 45.5 Å². The van der Waals surface area contributed by atoms with Gasteiger partial charge in [-0.1, -0.05) is 18.7 Å². The first-order valence-electron chi connectivity index (χ1n) is 5.61. The van der Waals surface area contributed by atoms with Crippen LogP contribution in [0.15, 0.2) is 4.99 Å². The summed E-state index contributed by atoms with van der Waals surface area (Å²) in [6.45, 7) is 7.69. The van der Waals surface area contributed by atoms with Crippen molar-refractivity contribution in [2.24, 2.45) is 10.9 Å². The molecule has 15 heavy (non-hydrogen) atoms. The lowest BCUT2D eigenvalue weighted by atomic mass is 10.2. The number of hydrogen-bond acceptors (Lipinski definition) is 5. The molecule has 1 atom stereocenters. The van der Waals surface area contributed by atoms with Crippen LogP contribution in [0.4, 0.5) is 0 Å². The Morgan fingerprint density at radius 3 is 2.67 bits per heavy atom. The Hall–Kier alpha value is -0.260. The third kappa shape index (κ3) is 3.36. The van der Waals surface area contributed by atoms with Gasteiger partial charge in [0, 0.05) is 38.5 Å². The van der Waals surface area contributed by atoms with Gasteiger partial charge in [0.1, 0.15) is 0 Å². The number of nitrogens with zero attached hydrogens (tertiary/aromatic N) is 3. The van der Waals surface area contributed by atoms with E-state index in [9.17, 15) is 0 Å². The summed E-state index contributed by atoms with van der Waals surface area (Å²) in [5.41, 5.74) is 3.42. The molecule has 86 valence electrons. The topological polar surface area (TPSA) is 30.9 Å². The average Bonchev–Trinajstić information content (AvgIpc) is 2.25. The van der Waals surface area contributed by atoms with Gasteiger partial charge in [-0.15, -0.1) is 0 Å². The van der Waals surface area contributed by atoms with E-state index in [0.29, 0.717) is 0 Å². The number of hydrazine groups is 1. The Kier molecular flexibility index (Phi) is 3.88. The molecule has 0 aromatic rings. The van der Waals surface area contributed by atoms with Gasteiger partial charge in [0.25, 0.3) is 0 Å². The number of thioether (sulfide) groups is 1. The molecule has 2 aliphatic rings. The zero-order valence-electron chi connectivity index (χ0n) is 9.57. The fourth-order valence-electron chi connectivity index (χ4n) is 1.68. The van der Waals surface area contributed by atoms with Crippen LogP contribution in [0.3, 0.4) is 0 Å². The van der Waals surface area contributed by atoms with Gasteiger partial charge in [0.15, 0.2) is 5.17 Å². The summed E-state index contributed by atoms with van der Waals surface area (Å²) in [5, 5.41) is 3.39. The summed E-state index contributed by atoms with van der Waals surface area (Å²) in [5.74, 6) is 1.92. The van der Waals surface area contributed by atoms with Crippen molar-refractivity contribution in [3.05, 3.63) is 0 Å². The number of likely N-dealkylation sites (N-methyl/N-ethyl adjacent to an activating group) is 1. The average molecular weight is 228 g/mol. The molecule has 0 aliphatic carbocycles. The third-order valence-electron chi connectivity index (χ3n) is 2.81. The maximum absolute atomic E-state index is 4.54. The Labute approximate surface area is 96.1 Å². The smallest absolute Gasteiger partial charge is 0.171 e. The maximum Gasteiger partial charge on any atom is 0.171 e. The number of amidine groups is 1. The van der Waals surface area contributed by atoms with Gasteiger partial charge in [-0.3, -0.25) is 10.4 Å². The number of aliphatic imine (C=N–C) groups is 1. The van der Waals surface area contributed by atoms with Crippen molar-refractivity contribution in [3.63, 3.8) is 0 Å². The quantitative estimate of drug-likeness (QED) is 0.707. The van der Waals surface area contributed by atoms with Crippen molar-refractivity contribution in [3.8, 4) is 0 Å². The van der Waals surface area contributed by atoms with Crippen molar-refractivity contribution in [1.82, 2.24) is 15.3 Å². The molecule has 0 aromatic heterocycles. The zero-order chi connectivity index (χ0) is 10.7. The van der Waals surface area contributed by atoms with Crippen LogP contribution in [0.1, 0.15) is 6.92 Å². The zero-order valence-corrected chi connectivity index (χ0v) is 10.4. The van der Waals surface area contributed by atoms with Gasteiger partial charge < -0.3 is 4.90 Å². The monoisotopic (exact) mass is 228 g/mol. The standard InChI is InChI=1S/C10H20N4S/c1-9-7-11-10(15-8-9)12-14-5-3-13(2)4-6-14/h9H,3-8H2,1-2H3,(H,11,12). The number of hydrogen-bond donors (Lipinski definition) is 1. The molecular weight excluding hydrogens is 208 g/mol. The Morgan fingerprint density at radius 1 is 1.33 bits per heavy atom. The van der Waals surface area contributed by atoms with Gasteiger partial charge >= 0.3 is 0 Å². The van der Waals surface area contributed by atoms with E-state index in [1.165, 1.54) is 5.75 Å². The molecule has 5 heteroatoms. The minimum atomic E-state index is 0.730. The molecule has 0 amide bonds. The van der Waals surface area contributed by atoms with Gasteiger partial charge in [0.2, 0.25) is 0 Å². The highest BCUT2D eigenvalue weighted by atomic mass is 32.2. The molecule has 2 aliphatic heterocycles. The molecule has 1 unspecified atom stereocenters. The SMILES string of the molecule is CC1CN=C(NN2CCN(C)CC2)SC1. The van der Waals surface area contributed by atoms with Crippen LogP contribution < -0.4 is 5.43 Å². The van der Waals surface area contributed by atoms with E-state index in [1.807, 2.05) is 11.8 Å². The number of nitrogens with one attached hydrogen (secondary N) is 1. The second kappa shape index (κ2) is 5.18. The number of piperazine rings is 1. The van der Waals surface area contributed by atoms with Gasteiger partial charge in [-0.2, -0.15) is 0 Å². The lowest BCUT2D eigenvalue weighted by molar-refractivity contribution is 0.131. The fourth-order valence-corrected chi connectivity index (χ4v) is 2.59. The molecule has 1 saturated heterocycles. The van der Waals surface area contributed by atoms with Gasteiger partial charge in [-0.05, 0) is 13.0 Å². The maximum atomic E-state index is 4.54. The summed E-state index contributed by atoms with van der Waals surface area (Å²) >= 11 is 1.85. The molecular formula is C10H20N4S. The van der Waals surface area contributed by atoms with E-state index in [-0.39, 0.29) is 0 Å². The minimum absolute atomic E-state index is 0.730. The van der Waals surface area contributed by atoms with Gasteiger partial charge in [0.05, 0.1) is 0 Å². The second-order valence-corrected chi connectivity index (χ2v) is 5.47. The predicted octanol–water partition coefficient (Wildman–Crippen LogP) is 0.477. The predicted molar refractivity (Wildman–Crippen MR) is 66.1 cm³/mol. The van der Waals surface area contributed by atoms with Crippen LogP contribution >= 0.6 is 11.8 Å². The molecule has 2 rings (SSSR count). The lowest BCUT2D eigenvalue weighted by Crippen LogP contribution is -2.52. The van der Waals surface area contributed by atoms with Crippen molar-refractivity contribution >= 4 is 16.9 Å². The molecule has 0 spiro atoms. The second-order valence-electron chi connectivity index (χ2n) is 4.46. The van der Waals surface area contributed by atoms with Crippen LogP contribution in [-0.2, 0) is 0 Å². The van der Waals surface area contributed by atoms with Crippen LogP contribution in [0.25, 0.3) is 0 Å². The lowest BCUT2D eigenvalue weighted by Gasteiger charge is -2.33.